The molecular formula is C9H7F4. The van der Waals surface area contributed by atoms with Crippen molar-refractivity contribution in [2.75, 3.05) is 0 Å². The van der Waals surface area contributed by atoms with E-state index in [9.17, 15) is 17.6 Å². The summed E-state index contributed by atoms with van der Waals surface area (Å²) in [5.74, 6) is -3.91. The molecule has 1 atom stereocenters. The van der Waals surface area contributed by atoms with Crippen molar-refractivity contribution < 1.29 is 17.6 Å². The monoisotopic (exact) mass is 191 g/mol. The summed E-state index contributed by atoms with van der Waals surface area (Å²) in [6.07, 6.45) is -2.80. The fourth-order valence-electron chi connectivity index (χ4n) is 0.943. The molecule has 1 radical (unpaired) electrons. The van der Waals surface area contributed by atoms with Gasteiger partial charge in [0, 0.05) is 5.92 Å². The minimum atomic E-state index is -2.80. The molecule has 13 heavy (non-hydrogen) atoms. The lowest BCUT2D eigenvalue weighted by Crippen LogP contribution is -2.08. The Morgan fingerprint density at radius 2 is 1.77 bits per heavy atom. The van der Waals surface area contributed by atoms with Gasteiger partial charge < -0.3 is 0 Å². The Bertz CT molecular complexity index is 296. The Morgan fingerprint density at radius 1 is 1.15 bits per heavy atom. The van der Waals surface area contributed by atoms with Crippen LogP contribution in [0, 0.1) is 18.6 Å². The van der Waals surface area contributed by atoms with Gasteiger partial charge in [0.1, 0.15) is 0 Å². The van der Waals surface area contributed by atoms with Crippen LogP contribution in [0.1, 0.15) is 11.5 Å². The summed E-state index contributed by atoms with van der Waals surface area (Å²) >= 11 is 0. The zero-order valence-corrected chi connectivity index (χ0v) is 6.61. The Balaban J connectivity index is 3.07. The van der Waals surface area contributed by atoms with Crippen molar-refractivity contribution in [2.24, 2.45) is 0 Å². The molecule has 0 fully saturated rings. The molecule has 4 heteroatoms. The summed E-state index contributed by atoms with van der Waals surface area (Å²) in [7, 11) is 0. The van der Waals surface area contributed by atoms with Crippen LogP contribution >= 0.6 is 0 Å². The van der Waals surface area contributed by atoms with Crippen molar-refractivity contribution in [2.45, 2.75) is 12.3 Å². The van der Waals surface area contributed by atoms with E-state index in [0.717, 1.165) is 12.1 Å². The summed E-state index contributed by atoms with van der Waals surface area (Å²) in [6.45, 7) is 3.05. The zero-order chi connectivity index (χ0) is 10.0. The van der Waals surface area contributed by atoms with E-state index >= 15 is 0 Å². The molecule has 1 aromatic carbocycles. The number of hydrogen-bond donors (Lipinski definition) is 0. The Hall–Kier alpha value is -1.06. The first-order valence-corrected chi connectivity index (χ1v) is 3.59. The maximum absolute atomic E-state index is 12.9. The topological polar surface area (TPSA) is 0 Å². The van der Waals surface area contributed by atoms with Gasteiger partial charge in [-0.1, -0.05) is 12.1 Å². The number of halogens is 4. The second-order valence-corrected chi connectivity index (χ2v) is 2.58. The van der Waals surface area contributed by atoms with Crippen molar-refractivity contribution >= 4 is 0 Å². The molecule has 0 spiro atoms. The lowest BCUT2D eigenvalue weighted by atomic mass is 10.0. The average molecular weight is 191 g/mol. The smallest absolute Gasteiger partial charge is 0.210 e. The highest BCUT2D eigenvalue weighted by molar-refractivity contribution is 5.24. The standard InChI is InChI=1S/C9H7F4/c1-5(9(12)13)6-3-2-4-7(10)8(6)11/h2-5,9H,1H2. The minimum Gasteiger partial charge on any atom is -0.210 e. The van der Waals surface area contributed by atoms with E-state index in [1.807, 2.05) is 0 Å². The molecule has 0 saturated heterocycles. The highest BCUT2D eigenvalue weighted by atomic mass is 19.3. The van der Waals surface area contributed by atoms with Crippen LogP contribution in [0.25, 0.3) is 0 Å². The molecule has 0 heterocycles. The molecular weight excluding hydrogens is 184 g/mol. The first-order chi connectivity index (χ1) is 6.04. The van der Waals surface area contributed by atoms with Gasteiger partial charge in [-0.3, -0.25) is 0 Å². The van der Waals surface area contributed by atoms with E-state index in [1.54, 1.807) is 0 Å². The maximum Gasteiger partial charge on any atom is 0.245 e. The van der Waals surface area contributed by atoms with Gasteiger partial charge in [0.25, 0.3) is 0 Å². The van der Waals surface area contributed by atoms with Crippen LogP contribution < -0.4 is 0 Å². The van der Waals surface area contributed by atoms with Crippen LogP contribution in [0.15, 0.2) is 18.2 Å². The molecule has 71 valence electrons. The van der Waals surface area contributed by atoms with Crippen LogP contribution in [0.3, 0.4) is 0 Å². The fraction of sp³-hybridized carbons (Fsp3) is 0.222. The molecule has 0 N–H and O–H groups in total. The summed E-state index contributed by atoms with van der Waals surface area (Å²) in [5, 5.41) is 0. The van der Waals surface area contributed by atoms with Crippen molar-refractivity contribution in [3.63, 3.8) is 0 Å². The van der Waals surface area contributed by atoms with Gasteiger partial charge in [-0.05, 0) is 18.6 Å². The fourth-order valence-corrected chi connectivity index (χ4v) is 0.943. The molecule has 0 nitrogen and oxygen atoms in total. The lowest BCUT2D eigenvalue weighted by molar-refractivity contribution is 0.129. The van der Waals surface area contributed by atoms with Gasteiger partial charge in [-0.15, -0.1) is 0 Å². The van der Waals surface area contributed by atoms with Crippen LogP contribution in [0.2, 0.25) is 0 Å². The van der Waals surface area contributed by atoms with E-state index in [-0.39, 0.29) is 0 Å². The zero-order valence-electron chi connectivity index (χ0n) is 6.61. The SMILES string of the molecule is [CH2]C(c1cccc(F)c1F)C(F)F. The summed E-state index contributed by atoms with van der Waals surface area (Å²) in [4.78, 5) is 0. The number of rotatable bonds is 2. The van der Waals surface area contributed by atoms with Crippen LogP contribution in [0.5, 0.6) is 0 Å². The molecule has 0 aliphatic carbocycles. The Labute approximate surface area is 73.2 Å². The number of alkyl halides is 2. The molecule has 0 aliphatic heterocycles. The third-order valence-electron chi connectivity index (χ3n) is 1.69. The van der Waals surface area contributed by atoms with E-state index in [1.165, 1.54) is 6.07 Å². The molecule has 0 bridgehead atoms. The van der Waals surface area contributed by atoms with Crippen LogP contribution in [0.4, 0.5) is 17.6 Å². The molecule has 0 amide bonds. The quantitative estimate of drug-likeness (QED) is 0.630. The van der Waals surface area contributed by atoms with Gasteiger partial charge in [0.15, 0.2) is 11.6 Å². The maximum atomic E-state index is 12.9. The summed E-state index contributed by atoms with van der Waals surface area (Å²) in [6, 6.07) is 3.15. The highest BCUT2D eigenvalue weighted by Gasteiger charge is 2.21. The molecule has 0 saturated carbocycles. The molecule has 1 rings (SSSR count). The van der Waals surface area contributed by atoms with Gasteiger partial charge in [0.05, 0.1) is 0 Å². The van der Waals surface area contributed by atoms with Crippen molar-refractivity contribution in [3.8, 4) is 0 Å². The van der Waals surface area contributed by atoms with E-state index < -0.39 is 29.5 Å². The predicted octanol–water partition coefficient (Wildman–Crippen LogP) is 3.15. The van der Waals surface area contributed by atoms with Gasteiger partial charge in [-0.25, -0.2) is 17.6 Å². The van der Waals surface area contributed by atoms with Crippen LogP contribution in [-0.4, -0.2) is 6.43 Å². The first kappa shape index (κ1) is 10.0. The second-order valence-electron chi connectivity index (χ2n) is 2.58. The molecule has 0 aliphatic rings. The molecule has 0 aromatic heterocycles. The molecule has 1 aromatic rings. The second kappa shape index (κ2) is 3.77. The normalized spacial score (nSPS) is 13.4. The van der Waals surface area contributed by atoms with Crippen molar-refractivity contribution in [3.05, 3.63) is 42.3 Å². The van der Waals surface area contributed by atoms with Gasteiger partial charge >= 0.3 is 0 Å². The third-order valence-corrected chi connectivity index (χ3v) is 1.69. The van der Waals surface area contributed by atoms with Crippen molar-refractivity contribution in [1.82, 2.24) is 0 Å². The van der Waals surface area contributed by atoms with E-state index in [0.29, 0.717) is 0 Å². The minimum absolute atomic E-state index is 0.394. The van der Waals surface area contributed by atoms with Gasteiger partial charge in [-0.2, -0.15) is 0 Å². The Morgan fingerprint density at radius 3 is 2.31 bits per heavy atom. The van der Waals surface area contributed by atoms with Gasteiger partial charge in [0.2, 0.25) is 6.43 Å². The van der Waals surface area contributed by atoms with E-state index in [2.05, 4.69) is 6.92 Å². The average Bonchev–Trinajstić information content (AvgIpc) is 2.08. The third kappa shape index (κ3) is 1.99. The van der Waals surface area contributed by atoms with E-state index in [4.69, 9.17) is 0 Å². The number of hydrogen-bond acceptors (Lipinski definition) is 0. The van der Waals surface area contributed by atoms with Crippen molar-refractivity contribution in [1.29, 1.82) is 0 Å². The Kier molecular flexibility index (Phi) is 2.90. The molecule has 1 unspecified atom stereocenters. The highest BCUT2D eigenvalue weighted by Crippen LogP contribution is 2.25. The summed E-state index contributed by atoms with van der Waals surface area (Å²) in [5.41, 5.74) is -0.394. The summed E-state index contributed by atoms with van der Waals surface area (Å²) < 4.78 is 49.6. The number of benzene rings is 1. The lowest BCUT2D eigenvalue weighted by Gasteiger charge is -2.11. The predicted molar refractivity (Wildman–Crippen MR) is 40.5 cm³/mol. The van der Waals surface area contributed by atoms with Crippen LogP contribution in [-0.2, 0) is 0 Å². The first-order valence-electron chi connectivity index (χ1n) is 3.59. The largest absolute Gasteiger partial charge is 0.245 e.